The van der Waals surface area contributed by atoms with Gasteiger partial charge >= 0.3 is 5.97 Å². The lowest BCUT2D eigenvalue weighted by molar-refractivity contribution is 0.0690. The molecule has 1 amide bonds. The third kappa shape index (κ3) is 4.01. The molecule has 0 aliphatic rings. The molecule has 160 valence electrons. The Morgan fingerprint density at radius 1 is 0.938 bits per heavy atom. The minimum atomic E-state index is -1.29. The third-order valence-electron chi connectivity index (χ3n) is 4.97. The standard InChI is InChI=1S/C24H18N2O6/c1-32-17-8-4-14(5-9-17)23(29)26-19-11-15(13-2-6-16(27)7-3-13)10-18-21(28)12-20(24(30)31)25-22(18)19/h2-12,27H,1H3,(H,25,28)(H,26,29)(H,30,31). The highest BCUT2D eigenvalue weighted by molar-refractivity contribution is 6.09. The monoisotopic (exact) mass is 430 g/mol. The van der Waals surface area contributed by atoms with Gasteiger partial charge in [-0.1, -0.05) is 12.1 Å². The van der Waals surface area contributed by atoms with Gasteiger partial charge in [-0.25, -0.2) is 4.79 Å². The number of ether oxygens (including phenoxy) is 1. The second-order valence-corrected chi connectivity index (χ2v) is 7.03. The summed E-state index contributed by atoms with van der Waals surface area (Å²) in [5.41, 5.74) is 1.30. The van der Waals surface area contributed by atoms with Crippen LogP contribution in [0.25, 0.3) is 22.0 Å². The average molecular weight is 430 g/mol. The van der Waals surface area contributed by atoms with Crippen LogP contribution in [-0.2, 0) is 0 Å². The Morgan fingerprint density at radius 3 is 2.25 bits per heavy atom. The van der Waals surface area contributed by atoms with Gasteiger partial charge in [0.2, 0.25) is 0 Å². The van der Waals surface area contributed by atoms with E-state index in [9.17, 15) is 24.6 Å². The van der Waals surface area contributed by atoms with E-state index >= 15 is 0 Å². The number of aromatic amines is 1. The quantitative estimate of drug-likeness (QED) is 0.381. The predicted molar refractivity (Wildman–Crippen MR) is 120 cm³/mol. The number of phenolic OH excluding ortho intramolecular Hbond substituents is 1. The van der Waals surface area contributed by atoms with Crippen LogP contribution in [0.2, 0.25) is 0 Å². The minimum absolute atomic E-state index is 0.0894. The number of carboxylic acid groups (broad SMARTS) is 1. The molecule has 4 aromatic rings. The number of carboxylic acids is 1. The molecule has 4 N–H and O–H groups in total. The maximum absolute atomic E-state index is 12.9. The number of aromatic carboxylic acids is 1. The molecule has 0 fully saturated rings. The maximum Gasteiger partial charge on any atom is 0.352 e. The average Bonchev–Trinajstić information content (AvgIpc) is 2.79. The number of nitrogens with one attached hydrogen (secondary N) is 2. The van der Waals surface area contributed by atoms with Crippen LogP contribution in [0, 0.1) is 0 Å². The molecule has 0 radical (unpaired) electrons. The molecule has 8 nitrogen and oxygen atoms in total. The number of hydrogen-bond donors (Lipinski definition) is 4. The van der Waals surface area contributed by atoms with Crippen molar-refractivity contribution in [3.63, 3.8) is 0 Å². The van der Waals surface area contributed by atoms with Crippen LogP contribution in [0.5, 0.6) is 11.5 Å². The number of amides is 1. The van der Waals surface area contributed by atoms with Crippen LogP contribution < -0.4 is 15.5 Å². The summed E-state index contributed by atoms with van der Waals surface area (Å²) in [6.45, 7) is 0. The van der Waals surface area contributed by atoms with Gasteiger partial charge in [-0.2, -0.15) is 0 Å². The topological polar surface area (TPSA) is 129 Å². The predicted octanol–water partition coefficient (Wildman–Crippen LogP) is 3.86. The second kappa shape index (κ2) is 8.27. The molecule has 8 heteroatoms. The Balaban J connectivity index is 1.86. The first-order valence-corrected chi connectivity index (χ1v) is 9.55. The van der Waals surface area contributed by atoms with Crippen molar-refractivity contribution in [3.05, 3.63) is 88.2 Å². The third-order valence-corrected chi connectivity index (χ3v) is 4.97. The lowest BCUT2D eigenvalue weighted by Gasteiger charge is -2.13. The molecule has 1 heterocycles. The molecule has 0 bridgehead atoms. The van der Waals surface area contributed by atoms with E-state index in [1.165, 1.54) is 19.2 Å². The van der Waals surface area contributed by atoms with Gasteiger partial charge in [0.15, 0.2) is 5.43 Å². The fourth-order valence-corrected chi connectivity index (χ4v) is 3.32. The van der Waals surface area contributed by atoms with Gasteiger partial charge < -0.3 is 25.3 Å². The first-order chi connectivity index (χ1) is 15.4. The number of H-pyrrole nitrogens is 1. The number of aromatic nitrogens is 1. The van der Waals surface area contributed by atoms with Gasteiger partial charge in [-0.15, -0.1) is 0 Å². The zero-order valence-electron chi connectivity index (χ0n) is 16.9. The van der Waals surface area contributed by atoms with Crippen molar-refractivity contribution in [1.82, 2.24) is 4.98 Å². The number of pyridine rings is 1. The van der Waals surface area contributed by atoms with Crippen LogP contribution in [0.1, 0.15) is 20.8 Å². The number of fused-ring (bicyclic) bond motifs is 1. The number of carbonyl (C=O) groups excluding carboxylic acids is 1. The summed E-state index contributed by atoms with van der Waals surface area (Å²) in [6, 6.07) is 17.1. The van der Waals surface area contributed by atoms with E-state index in [0.717, 1.165) is 6.07 Å². The molecule has 0 saturated carbocycles. The Bertz CT molecular complexity index is 1390. The zero-order chi connectivity index (χ0) is 22.8. The van der Waals surface area contributed by atoms with E-state index < -0.39 is 17.3 Å². The van der Waals surface area contributed by atoms with Crippen molar-refractivity contribution >= 4 is 28.5 Å². The summed E-state index contributed by atoms with van der Waals surface area (Å²) in [6.07, 6.45) is 0. The van der Waals surface area contributed by atoms with Crippen molar-refractivity contribution < 1.29 is 24.5 Å². The van der Waals surface area contributed by atoms with E-state index in [0.29, 0.717) is 22.4 Å². The zero-order valence-corrected chi connectivity index (χ0v) is 16.9. The van der Waals surface area contributed by atoms with Crippen molar-refractivity contribution in [3.8, 4) is 22.6 Å². The second-order valence-electron chi connectivity index (χ2n) is 7.03. The maximum atomic E-state index is 12.9. The van der Waals surface area contributed by atoms with Gasteiger partial charge in [0.05, 0.1) is 18.3 Å². The molecule has 0 atom stereocenters. The first kappa shape index (κ1) is 20.7. The number of phenols is 1. The van der Waals surface area contributed by atoms with Gasteiger partial charge in [0.1, 0.15) is 17.2 Å². The molecular weight excluding hydrogens is 412 g/mol. The van der Waals surface area contributed by atoms with Crippen molar-refractivity contribution in [1.29, 1.82) is 0 Å². The molecule has 3 aromatic carbocycles. The number of aromatic hydroxyl groups is 1. The van der Waals surface area contributed by atoms with Crippen molar-refractivity contribution in [2.24, 2.45) is 0 Å². The lowest BCUT2D eigenvalue weighted by atomic mass is 10.0. The SMILES string of the molecule is COc1ccc(C(=O)Nc2cc(-c3ccc(O)cc3)cc3c(=O)cc(C(=O)O)[nH]c23)cc1. The number of rotatable bonds is 5. The van der Waals surface area contributed by atoms with Gasteiger partial charge in [0, 0.05) is 17.0 Å². The molecular formula is C24H18N2O6. The number of carbonyl (C=O) groups is 2. The molecule has 0 aliphatic carbocycles. The smallest absolute Gasteiger partial charge is 0.352 e. The number of anilines is 1. The lowest BCUT2D eigenvalue weighted by Crippen LogP contribution is -2.15. The molecule has 1 aromatic heterocycles. The molecule has 0 saturated heterocycles. The summed E-state index contributed by atoms with van der Waals surface area (Å²) in [5, 5.41) is 21.9. The molecule has 4 rings (SSSR count). The first-order valence-electron chi connectivity index (χ1n) is 9.55. The van der Waals surface area contributed by atoms with Crippen LogP contribution in [-0.4, -0.2) is 34.2 Å². The highest BCUT2D eigenvalue weighted by Crippen LogP contribution is 2.30. The highest BCUT2D eigenvalue weighted by Gasteiger charge is 2.16. The van der Waals surface area contributed by atoms with E-state index in [2.05, 4.69) is 10.3 Å². The number of benzene rings is 3. The molecule has 0 unspecified atom stereocenters. The number of hydrogen-bond acceptors (Lipinski definition) is 5. The largest absolute Gasteiger partial charge is 0.508 e. The Labute approximate surface area is 181 Å². The fourth-order valence-electron chi connectivity index (χ4n) is 3.32. The fraction of sp³-hybridized carbons (Fsp3) is 0.0417. The van der Waals surface area contributed by atoms with Gasteiger partial charge in [0.25, 0.3) is 5.91 Å². The van der Waals surface area contributed by atoms with E-state index in [1.54, 1.807) is 48.5 Å². The Hall–Kier alpha value is -4.59. The normalized spacial score (nSPS) is 10.7. The summed E-state index contributed by atoms with van der Waals surface area (Å²) in [5.74, 6) is -1.05. The van der Waals surface area contributed by atoms with Crippen LogP contribution >= 0.6 is 0 Å². The molecule has 0 aliphatic heterocycles. The Kier molecular flexibility index (Phi) is 5.34. The highest BCUT2D eigenvalue weighted by atomic mass is 16.5. The molecule has 32 heavy (non-hydrogen) atoms. The molecule has 0 spiro atoms. The number of methoxy groups -OCH3 is 1. The van der Waals surface area contributed by atoms with Gasteiger partial charge in [-0.05, 0) is 59.7 Å². The summed E-state index contributed by atoms with van der Waals surface area (Å²) in [4.78, 5) is 39.7. The summed E-state index contributed by atoms with van der Waals surface area (Å²) >= 11 is 0. The minimum Gasteiger partial charge on any atom is -0.508 e. The van der Waals surface area contributed by atoms with Crippen LogP contribution in [0.15, 0.2) is 71.5 Å². The van der Waals surface area contributed by atoms with Crippen molar-refractivity contribution in [2.45, 2.75) is 0 Å². The van der Waals surface area contributed by atoms with Crippen LogP contribution in [0.3, 0.4) is 0 Å². The van der Waals surface area contributed by atoms with Gasteiger partial charge in [-0.3, -0.25) is 9.59 Å². The Morgan fingerprint density at radius 2 is 1.62 bits per heavy atom. The van der Waals surface area contributed by atoms with E-state index in [-0.39, 0.29) is 28.0 Å². The van der Waals surface area contributed by atoms with Crippen molar-refractivity contribution in [2.75, 3.05) is 12.4 Å². The summed E-state index contributed by atoms with van der Waals surface area (Å²) < 4.78 is 5.10. The van der Waals surface area contributed by atoms with Crippen LogP contribution in [0.4, 0.5) is 5.69 Å². The summed E-state index contributed by atoms with van der Waals surface area (Å²) in [7, 11) is 1.52. The van der Waals surface area contributed by atoms with E-state index in [4.69, 9.17) is 4.74 Å². The van der Waals surface area contributed by atoms with E-state index in [1.807, 2.05) is 0 Å².